The molecule has 0 spiro atoms. The quantitative estimate of drug-likeness (QED) is 0.187. The first kappa shape index (κ1) is 39.4. The molecule has 4 rings (SSSR count). The second-order valence-corrected chi connectivity index (χ2v) is 17.4. The first-order valence-corrected chi connectivity index (χ1v) is 18.7. The molecule has 1 saturated heterocycles. The molecule has 3 aromatic rings. The summed E-state index contributed by atoms with van der Waals surface area (Å²) in [7, 11) is -2.26. The first-order valence-electron chi connectivity index (χ1n) is 17.2. The summed E-state index contributed by atoms with van der Waals surface area (Å²) in [5.41, 5.74) is 2.47. The number of carbonyl (C=O) groups excluding carboxylic acids is 2. The van der Waals surface area contributed by atoms with Gasteiger partial charge in [0, 0.05) is 36.6 Å². The maximum Gasteiger partial charge on any atom is 0.528 e. The molecule has 1 fully saturated rings. The number of hydrogen-bond acceptors (Lipinski definition) is 10. The zero-order chi connectivity index (χ0) is 37.7. The van der Waals surface area contributed by atoms with Crippen LogP contribution in [0.1, 0.15) is 95.4 Å². The van der Waals surface area contributed by atoms with Crippen molar-refractivity contribution in [3.63, 3.8) is 0 Å². The predicted molar refractivity (Wildman–Crippen MR) is 198 cm³/mol. The molecular weight excluding hydrogens is 673 g/mol. The van der Waals surface area contributed by atoms with Gasteiger partial charge in [0.1, 0.15) is 17.1 Å². The molecule has 13 heteroatoms. The van der Waals surface area contributed by atoms with E-state index < -0.39 is 32.9 Å². The Morgan fingerprint density at radius 2 is 1.65 bits per heavy atom. The maximum absolute atomic E-state index is 13.7. The lowest BCUT2D eigenvalue weighted by Crippen LogP contribution is -2.38. The molecule has 2 heterocycles. The number of amides is 1. The number of aromatic nitrogens is 1. The SMILES string of the molecule is COc1c(NC(=O)c2ccc(C)c(Oc3ccnc(CC4CCN(OC(=O)OC(C)(C)C)CC4)c3)c2)cc(C(C)(C)C)cc1NS(=O)(=O)C(C)C. The summed E-state index contributed by atoms with van der Waals surface area (Å²) in [4.78, 5) is 35.6. The lowest BCUT2D eigenvalue weighted by Gasteiger charge is -2.30. The highest BCUT2D eigenvalue weighted by Crippen LogP contribution is 2.40. The number of nitrogens with one attached hydrogen (secondary N) is 2. The average molecular weight is 725 g/mol. The van der Waals surface area contributed by atoms with Crippen LogP contribution in [-0.4, -0.2) is 61.6 Å². The van der Waals surface area contributed by atoms with E-state index in [0.717, 1.165) is 36.1 Å². The van der Waals surface area contributed by atoms with Crippen LogP contribution in [-0.2, 0) is 31.4 Å². The third kappa shape index (κ3) is 11.1. The minimum atomic E-state index is -3.69. The predicted octanol–water partition coefficient (Wildman–Crippen LogP) is 8.01. The van der Waals surface area contributed by atoms with Gasteiger partial charge >= 0.3 is 6.16 Å². The molecule has 2 aromatic carbocycles. The van der Waals surface area contributed by atoms with Gasteiger partial charge in [-0.15, -0.1) is 5.06 Å². The van der Waals surface area contributed by atoms with E-state index in [1.165, 1.54) is 7.11 Å². The lowest BCUT2D eigenvalue weighted by molar-refractivity contribution is -0.155. The summed E-state index contributed by atoms with van der Waals surface area (Å²) >= 11 is 0. The molecule has 0 radical (unpaired) electrons. The number of pyridine rings is 1. The Hall–Kier alpha value is -4.36. The van der Waals surface area contributed by atoms with Crippen LogP contribution in [0.4, 0.5) is 16.2 Å². The molecule has 2 N–H and O–H groups in total. The first-order chi connectivity index (χ1) is 23.7. The summed E-state index contributed by atoms with van der Waals surface area (Å²) in [5, 5.41) is 3.90. The smallest absolute Gasteiger partial charge is 0.492 e. The normalized spacial score (nSPS) is 14.6. The number of hydroxylamine groups is 2. The van der Waals surface area contributed by atoms with Crippen LogP contribution in [0.2, 0.25) is 0 Å². The van der Waals surface area contributed by atoms with Crippen molar-refractivity contribution in [1.82, 2.24) is 10.0 Å². The Labute approximate surface area is 302 Å². The van der Waals surface area contributed by atoms with Crippen molar-refractivity contribution in [3.8, 4) is 17.2 Å². The van der Waals surface area contributed by atoms with Gasteiger partial charge in [0.05, 0.1) is 23.7 Å². The van der Waals surface area contributed by atoms with Gasteiger partial charge in [-0.2, -0.15) is 0 Å². The van der Waals surface area contributed by atoms with Crippen LogP contribution >= 0.6 is 0 Å². The minimum absolute atomic E-state index is 0.203. The van der Waals surface area contributed by atoms with Crippen molar-refractivity contribution in [2.75, 3.05) is 30.2 Å². The molecule has 0 unspecified atom stereocenters. The highest BCUT2D eigenvalue weighted by molar-refractivity contribution is 7.93. The minimum Gasteiger partial charge on any atom is -0.492 e. The van der Waals surface area contributed by atoms with Gasteiger partial charge < -0.3 is 24.4 Å². The fourth-order valence-electron chi connectivity index (χ4n) is 5.40. The Morgan fingerprint density at radius 1 is 0.980 bits per heavy atom. The van der Waals surface area contributed by atoms with E-state index in [4.69, 9.17) is 19.0 Å². The third-order valence-electron chi connectivity index (χ3n) is 8.41. The standard InChI is InChI=1S/C38H52N4O8S/c1-24(2)51(45,46)41-32-22-28(37(4,5)6)21-31(34(32)47-10)40-35(43)27-12-11-25(3)33(20-27)48-30-13-16-39-29(23-30)19-26-14-17-42(18-15-26)50-36(44)49-38(7,8)9/h11-13,16,20-24,26,41H,14-15,17-19H2,1-10H3,(H,40,43). The highest BCUT2D eigenvalue weighted by Gasteiger charge is 2.27. The number of anilines is 2. The van der Waals surface area contributed by atoms with E-state index in [9.17, 15) is 18.0 Å². The summed E-state index contributed by atoms with van der Waals surface area (Å²) in [6, 6.07) is 12.4. The second-order valence-electron chi connectivity index (χ2n) is 15.2. The van der Waals surface area contributed by atoms with Gasteiger partial charge in [-0.25, -0.2) is 13.2 Å². The molecule has 0 bridgehead atoms. The van der Waals surface area contributed by atoms with E-state index in [-0.39, 0.29) is 16.9 Å². The Kier molecular flexibility index (Phi) is 12.3. The monoisotopic (exact) mass is 724 g/mol. The number of carbonyl (C=O) groups is 2. The fraction of sp³-hybridized carbons (Fsp3) is 0.500. The number of rotatable bonds is 11. The maximum atomic E-state index is 13.7. The number of methoxy groups -OCH3 is 1. The number of ether oxygens (including phenoxy) is 3. The fourth-order valence-corrected chi connectivity index (χ4v) is 6.09. The Morgan fingerprint density at radius 3 is 2.25 bits per heavy atom. The van der Waals surface area contributed by atoms with E-state index in [1.807, 2.05) is 39.8 Å². The van der Waals surface area contributed by atoms with Crippen molar-refractivity contribution < 1.29 is 37.1 Å². The Balaban J connectivity index is 1.47. The van der Waals surface area contributed by atoms with Crippen LogP contribution < -0.4 is 19.5 Å². The Bertz CT molecular complexity index is 1820. The van der Waals surface area contributed by atoms with Crippen LogP contribution in [0.25, 0.3) is 0 Å². The number of piperidine rings is 1. The van der Waals surface area contributed by atoms with Gasteiger partial charge in [0.2, 0.25) is 10.0 Å². The summed E-state index contributed by atoms with van der Waals surface area (Å²) in [5.74, 6) is 1.24. The van der Waals surface area contributed by atoms with Crippen molar-refractivity contribution in [3.05, 3.63) is 71.0 Å². The molecule has 0 saturated carbocycles. The second kappa shape index (κ2) is 15.9. The van der Waals surface area contributed by atoms with E-state index in [0.29, 0.717) is 41.8 Å². The average Bonchev–Trinajstić information content (AvgIpc) is 3.01. The molecule has 1 aliphatic rings. The molecule has 0 aliphatic carbocycles. The van der Waals surface area contributed by atoms with Crippen molar-refractivity contribution in [2.45, 2.75) is 97.8 Å². The number of sulfonamides is 1. The number of nitrogens with zero attached hydrogens (tertiary/aromatic N) is 2. The summed E-state index contributed by atoms with van der Waals surface area (Å²) in [6.45, 7) is 17.7. The zero-order valence-corrected chi connectivity index (χ0v) is 32.2. The molecule has 51 heavy (non-hydrogen) atoms. The van der Waals surface area contributed by atoms with E-state index >= 15 is 0 Å². The number of hydrogen-bond donors (Lipinski definition) is 2. The lowest BCUT2D eigenvalue weighted by atomic mass is 9.86. The van der Waals surface area contributed by atoms with Crippen LogP contribution in [0, 0.1) is 12.8 Å². The number of aryl methyl sites for hydroxylation is 1. The third-order valence-corrected chi connectivity index (χ3v) is 10.2. The molecular formula is C38H52N4O8S. The van der Waals surface area contributed by atoms with Crippen LogP contribution in [0.3, 0.4) is 0 Å². The topological polar surface area (TPSA) is 145 Å². The molecule has 0 atom stereocenters. The molecule has 1 amide bonds. The molecule has 1 aliphatic heterocycles. The van der Waals surface area contributed by atoms with E-state index in [1.54, 1.807) is 76.2 Å². The molecule has 12 nitrogen and oxygen atoms in total. The molecule has 1 aromatic heterocycles. The van der Waals surface area contributed by atoms with Gasteiger partial charge in [-0.3, -0.25) is 14.5 Å². The van der Waals surface area contributed by atoms with E-state index in [2.05, 4.69) is 15.0 Å². The van der Waals surface area contributed by atoms with Crippen LogP contribution in [0.15, 0.2) is 48.7 Å². The summed E-state index contributed by atoms with van der Waals surface area (Å²) < 4.78 is 45.4. The van der Waals surface area contributed by atoms with Gasteiger partial charge in [-0.05, 0) is 114 Å². The van der Waals surface area contributed by atoms with Crippen LogP contribution in [0.5, 0.6) is 17.2 Å². The van der Waals surface area contributed by atoms with Gasteiger partial charge in [-0.1, -0.05) is 26.8 Å². The highest BCUT2D eigenvalue weighted by atomic mass is 32.2. The van der Waals surface area contributed by atoms with Gasteiger partial charge in [0.15, 0.2) is 5.75 Å². The van der Waals surface area contributed by atoms with Crippen molar-refractivity contribution >= 4 is 33.5 Å². The van der Waals surface area contributed by atoms with Crippen molar-refractivity contribution in [1.29, 1.82) is 0 Å². The summed E-state index contributed by atoms with van der Waals surface area (Å²) in [6.07, 6.45) is 3.42. The zero-order valence-electron chi connectivity index (χ0n) is 31.4. The molecule has 278 valence electrons. The largest absolute Gasteiger partial charge is 0.528 e. The number of benzene rings is 2. The van der Waals surface area contributed by atoms with Crippen molar-refractivity contribution in [2.24, 2.45) is 5.92 Å². The van der Waals surface area contributed by atoms with Gasteiger partial charge in [0.25, 0.3) is 5.91 Å².